The number of carbonyl (C=O) groups is 1. The summed E-state index contributed by atoms with van der Waals surface area (Å²) in [5.74, 6) is 0.681. The molecule has 2 heterocycles. The summed E-state index contributed by atoms with van der Waals surface area (Å²) in [7, 11) is 0. The maximum Gasteiger partial charge on any atom is 0.237 e. The van der Waals surface area contributed by atoms with Crippen LogP contribution in [-0.4, -0.2) is 43.0 Å². The van der Waals surface area contributed by atoms with Gasteiger partial charge in [0.15, 0.2) is 0 Å². The van der Waals surface area contributed by atoms with E-state index in [-0.39, 0.29) is 24.4 Å². The van der Waals surface area contributed by atoms with Crippen molar-refractivity contribution >= 4 is 41.5 Å². The van der Waals surface area contributed by atoms with Gasteiger partial charge in [-0.1, -0.05) is 29.3 Å². The number of amides is 1. The van der Waals surface area contributed by atoms with Crippen LogP contribution in [0.15, 0.2) is 18.2 Å². The zero-order valence-corrected chi connectivity index (χ0v) is 16.6. The Kier molecular flexibility index (Phi) is 8.30. The summed E-state index contributed by atoms with van der Waals surface area (Å²) in [4.78, 5) is 14.6. The Hall–Kier alpha value is -0.520. The minimum atomic E-state index is 0. The fourth-order valence-corrected chi connectivity index (χ4v) is 3.95. The Morgan fingerprint density at radius 3 is 2.80 bits per heavy atom. The average molecular weight is 407 g/mol. The number of likely N-dealkylation sites (tertiary alicyclic amines) is 1. The molecule has 2 N–H and O–H groups in total. The molecule has 2 aliphatic rings. The second-order valence-electron chi connectivity index (χ2n) is 6.89. The zero-order chi connectivity index (χ0) is 16.9. The van der Waals surface area contributed by atoms with E-state index in [9.17, 15) is 4.79 Å². The van der Waals surface area contributed by atoms with Gasteiger partial charge in [0.1, 0.15) is 0 Å². The van der Waals surface area contributed by atoms with Crippen LogP contribution in [0.2, 0.25) is 10.0 Å². The molecule has 7 heteroatoms. The van der Waals surface area contributed by atoms with Gasteiger partial charge in [0, 0.05) is 19.6 Å². The predicted molar refractivity (Wildman–Crippen MR) is 106 cm³/mol. The number of nitrogens with zero attached hydrogens (tertiary/aromatic N) is 1. The van der Waals surface area contributed by atoms with Crippen molar-refractivity contribution in [3.05, 3.63) is 33.8 Å². The van der Waals surface area contributed by atoms with Crippen molar-refractivity contribution in [1.82, 2.24) is 15.5 Å². The van der Waals surface area contributed by atoms with E-state index in [1.807, 2.05) is 18.2 Å². The van der Waals surface area contributed by atoms with Crippen LogP contribution < -0.4 is 10.6 Å². The van der Waals surface area contributed by atoms with Crippen molar-refractivity contribution in [3.8, 4) is 0 Å². The minimum Gasteiger partial charge on any atom is -0.354 e. The van der Waals surface area contributed by atoms with Crippen molar-refractivity contribution in [1.29, 1.82) is 0 Å². The first-order chi connectivity index (χ1) is 11.6. The van der Waals surface area contributed by atoms with Gasteiger partial charge in [-0.15, -0.1) is 12.4 Å². The third kappa shape index (κ3) is 6.00. The highest BCUT2D eigenvalue weighted by atomic mass is 35.5. The van der Waals surface area contributed by atoms with E-state index in [0.29, 0.717) is 16.0 Å². The second-order valence-corrected chi connectivity index (χ2v) is 7.70. The molecule has 1 amide bonds. The number of benzene rings is 1. The fourth-order valence-electron chi connectivity index (χ4n) is 3.63. The molecule has 2 fully saturated rings. The van der Waals surface area contributed by atoms with E-state index in [1.54, 1.807) is 0 Å². The molecule has 0 bridgehead atoms. The molecule has 0 saturated carbocycles. The second kappa shape index (κ2) is 9.98. The fraction of sp³-hybridized carbons (Fsp3) is 0.611. The summed E-state index contributed by atoms with van der Waals surface area (Å²) in [6.07, 6.45) is 4.40. The van der Waals surface area contributed by atoms with Gasteiger partial charge in [-0.25, -0.2) is 0 Å². The summed E-state index contributed by atoms with van der Waals surface area (Å²) in [6.45, 7) is 4.72. The lowest BCUT2D eigenvalue weighted by Gasteiger charge is -2.33. The molecule has 2 aliphatic heterocycles. The van der Waals surface area contributed by atoms with Crippen LogP contribution >= 0.6 is 35.6 Å². The smallest absolute Gasteiger partial charge is 0.237 e. The van der Waals surface area contributed by atoms with Crippen LogP contribution in [0.25, 0.3) is 0 Å². The van der Waals surface area contributed by atoms with Crippen molar-refractivity contribution in [2.45, 2.75) is 38.3 Å². The molecule has 1 aromatic rings. The normalized spacial score (nSPS) is 23.9. The van der Waals surface area contributed by atoms with E-state index in [2.05, 4.69) is 15.5 Å². The maximum absolute atomic E-state index is 12.1. The van der Waals surface area contributed by atoms with Crippen molar-refractivity contribution < 1.29 is 4.79 Å². The first-order valence-electron chi connectivity index (χ1n) is 8.79. The van der Waals surface area contributed by atoms with Crippen LogP contribution in [0.5, 0.6) is 0 Å². The van der Waals surface area contributed by atoms with E-state index >= 15 is 0 Å². The number of nitrogens with one attached hydrogen (secondary N) is 2. The lowest BCUT2D eigenvalue weighted by molar-refractivity contribution is -0.123. The molecular weight excluding hydrogens is 381 g/mol. The molecule has 2 saturated heterocycles. The summed E-state index contributed by atoms with van der Waals surface area (Å²) >= 11 is 12.1. The van der Waals surface area contributed by atoms with Gasteiger partial charge >= 0.3 is 0 Å². The summed E-state index contributed by atoms with van der Waals surface area (Å²) < 4.78 is 0. The Morgan fingerprint density at radius 2 is 2.08 bits per heavy atom. The van der Waals surface area contributed by atoms with Gasteiger partial charge in [-0.2, -0.15) is 0 Å². The van der Waals surface area contributed by atoms with Crippen molar-refractivity contribution in [2.24, 2.45) is 5.92 Å². The molecule has 140 valence electrons. The standard InChI is InChI=1S/C18H25Cl2N3O.ClH/c19-15-6-5-13(9-16(15)20)11-23-8-2-3-14(12-23)10-22-18(24)17-4-1-7-21-17;/h5-6,9,14,17,21H,1-4,7-8,10-12H2,(H,22,24);1H. The van der Waals surface area contributed by atoms with Gasteiger partial charge in [0.25, 0.3) is 0 Å². The molecule has 1 aromatic carbocycles. The summed E-state index contributed by atoms with van der Waals surface area (Å²) in [5, 5.41) is 7.59. The molecule has 3 rings (SSSR count). The number of piperidine rings is 1. The largest absolute Gasteiger partial charge is 0.354 e. The number of carbonyl (C=O) groups excluding carboxylic acids is 1. The predicted octanol–water partition coefficient (Wildman–Crippen LogP) is 3.50. The Morgan fingerprint density at radius 1 is 1.24 bits per heavy atom. The van der Waals surface area contributed by atoms with Gasteiger partial charge in [0.05, 0.1) is 16.1 Å². The van der Waals surface area contributed by atoms with Crippen LogP contribution in [0.1, 0.15) is 31.2 Å². The van der Waals surface area contributed by atoms with Gasteiger partial charge in [0.2, 0.25) is 5.91 Å². The molecule has 25 heavy (non-hydrogen) atoms. The Bertz CT molecular complexity index is 579. The Balaban J connectivity index is 0.00000225. The lowest BCUT2D eigenvalue weighted by Crippen LogP contribution is -2.45. The molecule has 2 atom stereocenters. The number of halogens is 3. The quantitative estimate of drug-likeness (QED) is 0.786. The number of hydrogen-bond donors (Lipinski definition) is 2. The highest BCUT2D eigenvalue weighted by Crippen LogP contribution is 2.24. The van der Waals surface area contributed by atoms with E-state index in [0.717, 1.165) is 45.6 Å². The third-order valence-electron chi connectivity index (χ3n) is 4.94. The SMILES string of the molecule is Cl.O=C(NCC1CCCN(Cc2ccc(Cl)c(Cl)c2)C1)C1CCCN1. The summed E-state index contributed by atoms with van der Waals surface area (Å²) in [5.41, 5.74) is 1.18. The molecule has 0 aromatic heterocycles. The summed E-state index contributed by atoms with van der Waals surface area (Å²) in [6, 6.07) is 5.85. The Labute approximate surface area is 166 Å². The van der Waals surface area contributed by atoms with Crippen LogP contribution in [-0.2, 0) is 11.3 Å². The monoisotopic (exact) mass is 405 g/mol. The molecule has 2 unspecified atom stereocenters. The lowest BCUT2D eigenvalue weighted by atomic mass is 9.97. The van der Waals surface area contributed by atoms with E-state index < -0.39 is 0 Å². The zero-order valence-electron chi connectivity index (χ0n) is 14.3. The molecule has 0 radical (unpaired) electrons. The van der Waals surface area contributed by atoms with Crippen LogP contribution in [0.3, 0.4) is 0 Å². The van der Waals surface area contributed by atoms with E-state index in [4.69, 9.17) is 23.2 Å². The molecule has 0 aliphatic carbocycles. The molecule has 4 nitrogen and oxygen atoms in total. The highest BCUT2D eigenvalue weighted by molar-refractivity contribution is 6.42. The first kappa shape index (κ1) is 20.8. The van der Waals surface area contributed by atoms with Crippen molar-refractivity contribution in [3.63, 3.8) is 0 Å². The van der Waals surface area contributed by atoms with Crippen molar-refractivity contribution in [2.75, 3.05) is 26.2 Å². The highest BCUT2D eigenvalue weighted by Gasteiger charge is 2.24. The first-order valence-corrected chi connectivity index (χ1v) is 9.55. The number of hydrogen-bond acceptors (Lipinski definition) is 3. The third-order valence-corrected chi connectivity index (χ3v) is 5.67. The van der Waals surface area contributed by atoms with Crippen LogP contribution in [0.4, 0.5) is 0 Å². The molecule has 0 spiro atoms. The van der Waals surface area contributed by atoms with Gasteiger partial charge in [-0.3, -0.25) is 9.69 Å². The minimum absolute atomic E-state index is 0. The van der Waals surface area contributed by atoms with Gasteiger partial charge < -0.3 is 10.6 Å². The topological polar surface area (TPSA) is 44.4 Å². The van der Waals surface area contributed by atoms with E-state index in [1.165, 1.54) is 18.4 Å². The molecular formula is C18H26Cl3N3O. The average Bonchev–Trinajstić information content (AvgIpc) is 3.11. The van der Waals surface area contributed by atoms with Gasteiger partial charge in [-0.05, 0) is 62.4 Å². The number of rotatable bonds is 5. The maximum atomic E-state index is 12.1. The van der Waals surface area contributed by atoms with Crippen LogP contribution in [0, 0.1) is 5.92 Å².